The largest absolute Gasteiger partial charge is 0.439 e. The summed E-state index contributed by atoms with van der Waals surface area (Å²) in [4.78, 5) is 8.25. The third kappa shape index (κ3) is 2.01. The lowest BCUT2D eigenvalue weighted by atomic mass is 10.4. The number of fused-ring (bicyclic) bond motifs is 1. The van der Waals surface area contributed by atoms with Crippen molar-refractivity contribution >= 4 is 21.6 Å². The molecule has 17 heavy (non-hydrogen) atoms. The van der Waals surface area contributed by atoms with E-state index in [-0.39, 0.29) is 0 Å². The molecule has 4 nitrogen and oxygen atoms in total. The van der Waals surface area contributed by atoms with Gasteiger partial charge in [0.05, 0.1) is 6.20 Å². The Bertz CT molecular complexity index is 665. The number of halogens is 1. The Morgan fingerprint density at radius 2 is 2.18 bits per heavy atom. The molecule has 3 aromatic rings. The van der Waals surface area contributed by atoms with Crippen LogP contribution in [0.1, 0.15) is 0 Å². The van der Waals surface area contributed by atoms with Gasteiger partial charge in [-0.05, 0) is 34.1 Å². The SMILES string of the molecule is Brc1cncc(Oc2cccc3nccn23)c1. The van der Waals surface area contributed by atoms with Gasteiger partial charge in [-0.3, -0.25) is 9.38 Å². The Hall–Kier alpha value is -1.88. The van der Waals surface area contributed by atoms with E-state index in [0.717, 1.165) is 10.1 Å². The summed E-state index contributed by atoms with van der Waals surface area (Å²) in [6.45, 7) is 0. The lowest BCUT2D eigenvalue weighted by molar-refractivity contribution is 0.454. The first-order valence-corrected chi connectivity index (χ1v) is 5.83. The van der Waals surface area contributed by atoms with E-state index in [0.29, 0.717) is 11.6 Å². The Kier molecular flexibility index (Phi) is 2.53. The van der Waals surface area contributed by atoms with Crippen LogP contribution in [-0.2, 0) is 0 Å². The van der Waals surface area contributed by atoms with E-state index >= 15 is 0 Å². The number of hydrogen-bond acceptors (Lipinski definition) is 3. The number of hydrogen-bond donors (Lipinski definition) is 0. The average molecular weight is 290 g/mol. The Balaban J connectivity index is 2.02. The smallest absolute Gasteiger partial charge is 0.205 e. The van der Waals surface area contributed by atoms with Gasteiger partial charge in [0.25, 0.3) is 0 Å². The summed E-state index contributed by atoms with van der Waals surface area (Å²) >= 11 is 3.36. The zero-order valence-electron chi connectivity index (χ0n) is 8.75. The maximum Gasteiger partial charge on any atom is 0.205 e. The summed E-state index contributed by atoms with van der Waals surface area (Å²) in [6, 6.07) is 7.58. The van der Waals surface area contributed by atoms with Crippen LogP contribution in [0.5, 0.6) is 11.6 Å². The zero-order valence-corrected chi connectivity index (χ0v) is 10.3. The second-order valence-corrected chi connectivity index (χ2v) is 4.38. The van der Waals surface area contributed by atoms with Crippen molar-refractivity contribution in [2.75, 3.05) is 0 Å². The lowest BCUT2D eigenvalue weighted by Gasteiger charge is -2.07. The van der Waals surface area contributed by atoms with Gasteiger partial charge in [-0.1, -0.05) is 6.07 Å². The quantitative estimate of drug-likeness (QED) is 0.727. The lowest BCUT2D eigenvalue weighted by Crippen LogP contribution is -1.92. The molecule has 0 unspecified atom stereocenters. The van der Waals surface area contributed by atoms with Crippen LogP contribution in [0.3, 0.4) is 0 Å². The molecule has 0 aromatic carbocycles. The molecule has 0 saturated carbocycles. The molecule has 0 fully saturated rings. The predicted molar refractivity (Wildman–Crippen MR) is 67.2 cm³/mol. The minimum absolute atomic E-state index is 0.681. The van der Waals surface area contributed by atoms with Crippen LogP contribution in [0.15, 0.2) is 53.5 Å². The number of pyridine rings is 2. The third-order valence-electron chi connectivity index (χ3n) is 2.29. The van der Waals surface area contributed by atoms with E-state index in [9.17, 15) is 0 Å². The minimum atomic E-state index is 0.681. The van der Waals surface area contributed by atoms with Crippen LogP contribution in [0.25, 0.3) is 5.65 Å². The maximum atomic E-state index is 5.76. The van der Waals surface area contributed by atoms with Gasteiger partial charge in [0.1, 0.15) is 11.4 Å². The highest BCUT2D eigenvalue weighted by molar-refractivity contribution is 9.10. The zero-order chi connectivity index (χ0) is 11.7. The summed E-state index contributed by atoms with van der Waals surface area (Å²) in [6.07, 6.45) is 6.97. The van der Waals surface area contributed by atoms with Crippen LogP contribution in [0.2, 0.25) is 0 Å². The first kappa shape index (κ1) is 10.3. The monoisotopic (exact) mass is 289 g/mol. The van der Waals surface area contributed by atoms with Gasteiger partial charge in [-0.2, -0.15) is 0 Å². The van der Waals surface area contributed by atoms with E-state index in [4.69, 9.17) is 4.74 Å². The van der Waals surface area contributed by atoms with Crippen molar-refractivity contribution in [1.82, 2.24) is 14.4 Å². The first-order chi connectivity index (χ1) is 8.33. The molecule has 0 aliphatic rings. The normalized spacial score (nSPS) is 10.6. The molecule has 0 aliphatic heterocycles. The van der Waals surface area contributed by atoms with Crippen molar-refractivity contribution in [2.24, 2.45) is 0 Å². The molecule has 0 aliphatic carbocycles. The van der Waals surface area contributed by atoms with Gasteiger partial charge >= 0.3 is 0 Å². The van der Waals surface area contributed by atoms with Gasteiger partial charge < -0.3 is 4.74 Å². The molecule has 3 aromatic heterocycles. The van der Waals surface area contributed by atoms with Crippen LogP contribution in [0.4, 0.5) is 0 Å². The van der Waals surface area contributed by atoms with E-state index < -0.39 is 0 Å². The number of nitrogens with zero attached hydrogens (tertiary/aromatic N) is 3. The molecule has 0 spiro atoms. The summed E-state index contributed by atoms with van der Waals surface area (Å²) in [5.74, 6) is 1.39. The molecule has 3 rings (SSSR count). The second-order valence-electron chi connectivity index (χ2n) is 3.46. The third-order valence-corrected chi connectivity index (χ3v) is 2.73. The van der Waals surface area contributed by atoms with Crippen molar-refractivity contribution in [3.63, 3.8) is 0 Å². The Morgan fingerprint density at radius 3 is 3.06 bits per heavy atom. The minimum Gasteiger partial charge on any atom is -0.439 e. The summed E-state index contributed by atoms with van der Waals surface area (Å²) in [5.41, 5.74) is 0.852. The topological polar surface area (TPSA) is 39.4 Å². The van der Waals surface area contributed by atoms with Crippen LogP contribution < -0.4 is 4.74 Å². The van der Waals surface area contributed by atoms with Gasteiger partial charge in [0.15, 0.2) is 0 Å². The van der Waals surface area contributed by atoms with E-state index in [1.807, 2.05) is 34.9 Å². The highest BCUT2D eigenvalue weighted by Gasteiger charge is 2.03. The van der Waals surface area contributed by atoms with Crippen molar-refractivity contribution in [1.29, 1.82) is 0 Å². The molecule has 0 saturated heterocycles. The van der Waals surface area contributed by atoms with Crippen LogP contribution >= 0.6 is 15.9 Å². The second kappa shape index (κ2) is 4.18. The fourth-order valence-corrected chi connectivity index (χ4v) is 1.92. The molecule has 0 amide bonds. The molecule has 0 N–H and O–H groups in total. The number of rotatable bonds is 2. The van der Waals surface area contributed by atoms with Crippen molar-refractivity contribution in [3.8, 4) is 11.6 Å². The summed E-state index contributed by atoms with van der Waals surface area (Å²) in [7, 11) is 0. The van der Waals surface area contributed by atoms with E-state index in [1.165, 1.54) is 0 Å². The summed E-state index contributed by atoms with van der Waals surface area (Å²) in [5, 5.41) is 0. The molecule has 3 heterocycles. The predicted octanol–water partition coefficient (Wildman–Crippen LogP) is 3.28. The number of aromatic nitrogens is 3. The van der Waals surface area contributed by atoms with Gasteiger partial charge in [0.2, 0.25) is 5.88 Å². The van der Waals surface area contributed by atoms with Crippen LogP contribution in [-0.4, -0.2) is 14.4 Å². The van der Waals surface area contributed by atoms with Crippen molar-refractivity contribution in [3.05, 3.63) is 53.5 Å². The fraction of sp³-hybridized carbons (Fsp3) is 0. The number of ether oxygens (including phenoxy) is 1. The highest BCUT2D eigenvalue weighted by atomic mass is 79.9. The van der Waals surface area contributed by atoms with Crippen LogP contribution in [0, 0.1) is 0 Å². The molecule has 0 atom stereocenters. The Labute approximate surface area is 106 Å². The van der Waals surface area contributed by atoms with Crippen molar-refractivity contribution < 1.29 is 4.74 Å². The maximum absolute atomic E-state index is 5.76. The molecule has 84 valence electrons. The van der Waals surface area contributed by atoms with E-state index in [1.54, 1.807) is 18.6 Å². The Morgan fingerprint density at radius 1 is 1.24 bits per heavy atom. The molecule has 5 heteroatoms. The van der Waals surface area contributed by atoms with Gasteiger partial charge in [-0.25, -0.2) is 4.98 Å². The van der Waals surface area contributed by atoms with Crippen molar-refractivity contribution in [2.45, 2.75) is 0 Å². The molecule has 0 radical (unpaired) electrons. The average Bonchev–Trinajstić information content (AvgIpc) is 2.78. The molecule has 0 bridgehead atoms. The van der Waals surface area contributed by atoms with Gasteiger partial charge in [0, 0.05) is 23.1 Å². The van der Waals surface area contributed by atoms with E-state index in [2.05, 4.69) is 25.9 Å². The molecular weight excluding hydrogens is 282 g/mol. The highest BCUT2D eigenvalue weighted by Crippen LogP contribution is 2.23. The molecular formula is C12H8BrN3O. The number of imidazole rings is 1. The fourth-order valence-electron chi connectivity index (χ4n) is 1.57. The first-order valence-electron chi connectivity index (χ1n) is 5.03. The van der Waals surface area contributed by atoms with Gasteiger partial charge in [-0.15, -0.1) is 0 Å². The summed E-state index contributed by atoms with van der Waals surface area (Å²) < 4.78 is 8.52. The standard InChI is InChI=1S/C12H8BrN3O/c13-9-6-10(8-14-7-9)17-12-3-1-2-11-15-4-5-16(11)12/h1-8H.